The van der Waals surface area contributed by atoms with Crippen LogP contribution in [0.5, 0.6) is 0 Å². The van der Waals surface area contributed by atoms with Crippen molar-refractivity contribution in [2.75, 3.05) is 13.1 Å². The highest BCUT2D eigenvalue weighted by Gasteiger charge is 2.63. The highest BCUT2D eigenvalue weighted by molar-refractivity contribution is 5.91. The van der Waals surface area contributed by atoms with Gasteiger partial charge in [-0.1, -0.05) is 27.2 Å². The van der Waals surface area contributed by atoms with Crippen LogP contribution in [-0.4, -0.2) is 65.9 Å². The zero-order chi connectivity index (χ0) is 28.7. The van der Waals surface area contributed by atoms with Gasteiger partial charge in [-0.05, 0) is 62.2 Å². The number of alkyl halides is 3. The van der Waals surface area contributed by atoms with E-state index in [0.29, 0.717) is 57.0 Å². The minimum absolute atomic E-state index is 0.0343. The third-order valence-corrected chi connectivity index (χ3v) is 8.94. The molecule has 2 saturated carbocycles. The van der Waals surface area contributed by atoms with Crippen molar-refractivity contribution in [3.8, 4) is 6.07 Å². The first-order chi connectivity index (χ1) is 17.4. The molecule has 0 aromatic rings. The largest absolute Gasteiger partial charge is 0.471 e. The number of rotatable bonds is 7. The second-order valence-electron chi connectivity index (χ2n) is 12.7. The van der Waals surface area contributed by atoms with Crippen LogP contribution in [0.2, 0.25) is 0 Å². The number of likely N-dealkylation sites (tertiary alicyclic amines) is 1. The first-order valence-electron chi connectivity index (χ1n) is 13.0. The highest BCUT2D eigenvalue weighted by atomic mass is 19.4. The third kappa shape index (κ3) is 6.24. The van der Waals surface area contributed by atoms with Crippen molar-refractivity contribution in [3.05, 3.63) is 0 Å². The predicted molar refractivity (Wildman–Crippen MR) is 131 cm³/mol. The molecule has 0 aromatic heterocycles. The molecule has 0 radical (unpaired) electrons. The second-order valence-corrected chi connectivity index (χ2v) is 12.7. The number of nitrogens with one attached hydrogen (secondary N) is 3. The lowest BCUT2D eigenvalue weighted by atomic mass is 9.65. The molecule has 0 spiro atoms. The number of nitrogens with zero attached hydrogens (tertiary/aromatic N) is 2. The molecule has 38 heavy (non-hydrogen) atoms. The van der Waals surface area contributed by atoms with E-state index in [4.69, 9.17) is 5.26 Å². The summed E-state index contributed by atoms with van der Waals surface area (Å²) in [6.07, 6.45) is -1.20. The van der Waals surface area contributed by atoms with Crippen LogP contribution in [0.3, 0.4) is 0 Å². The molecule has 4 amide bonds. The van der Waals surface area contributed by atoms with Crippen molar-refractivity contribution in [3.63, 3.8) is 0 Å². The molecule has 5 atom stereocenters. The number of hydrogen-bond donors (Lipinski definition) is 3. The van der Waals surface area contributed by atoms with Crippen LogP contribution in [0.25, 0.3) is 0 Å². The Morgan fingerprint density at radius 3 is 2.16 bits per heavy atom. The fraction of sp³-hybridized carbons (Fsp3) is 0.808. The number of hydrogen-bond acceptors (Lipinski definition) is 5. The lowest BCUT2D eigenvalue weighted by molar-refractivity contribution is -0.177. The molecule has 0 bridgehead atoms. The Balaban J connectivity index is 0.000000232. The van der Waals surface area contributed by atoms with Crippen LogP contribution in [0.1, 0.15) is 66.7 Å². The van der Waals surface area contributed by atoms with Crippen molar-refractivity contribution in [2.45, 2.75) is 90.5 Å². The van der Waals surface area contributed by atoms with Gasteiger partial charge in [0.25, 0.3) is 0 Å². The van der Waals surface area contributed by atoms with Crippen molar-refractivity contribution in [1.82, 2.24) is 20.9 Å². The summed E-state index contributed by atoms with van der Waals surface area (Å²) in [4.78, 5) is 47.5. The van der Waals surface area contributed by atoms with Crippen molar-refractivity contribution in [1.29, 1.82) is 5.26 Å². The average molecular weight is 542 g/mol. The Kier molecular flexibility index (Phi) is 8.11. The van der Waals surface area contributed by atoms with E-state index in [1.54, 1.807) is 11.8 Å². The number of nitriles is 1. The lowest BCUT2D eigenvalue weighted by Crippen LogP contribution is -2.60. The van der Waals surface area contributed by atoms with Gasteiger partial charge in [0.05, 0.1) is 6.07 Å². The first-order valence-corrected chi connectivity index (χ1v) is 13.0. The maximum atomic E-state index is 12.8. The van der Waals surface area contributed by atoms with Crippen molar-refractivity contribution in [2.24, 2.45) is 28.6 Å². The van der Waals surface area contributed by atoms with Crippen LogP contribution in [0.4, 0.5) is 13.2 Å². The molecule has 9 nitrogen and oxygen atoms in total. The van der Waals surface area contributed by atoms with Crippen LogP contribution in [-0.2, 0) is 19.2 Å². The zero-order valence-corrected chi connectivity index (χ0v) is 22.6. The average Bonchev–Trinajstić information content (AvgIpc) is 3.12. The Morgan fingerprint density at radius 1 is 1.18 bits per heavy atom. The van der Waals surface area contributed by atoms with Gasteiger partial charge in [-0.2, -0.15) is 18.4 Å². The van der Waals surface area contributed by atoms with Gasteiger partial charge in [0.15, 0.2) is 0 Å². The van der Waals surface area contributed by atoms with Crippen LogP contribution < -0.4 is 16.0 Å². The van der Waals surface area contributed by atoms with Crippen LogP contribution in [0, 0.1) is 39.9 Å². The Bertz CT molecular complexity index is 988. The molecule has 212 valence electrons. The van der Waals surface area contributed by atoms with Gasteiger partial charge in [-0.3, -0.25) is 19.2 Å². The third-order valence-electron chi connectivity index (χ3n) is 8.94. The van der Waals surface area contributed by atoms with E-state index in [1.807, 2.05) is 25.2 Å². The van der Waals surface area contributed by atoms with E-state index < -0.39 is 29.6 Å². The number of piperidine rings is 1. The zero-order valence-electron chi connectivity index (χ0n) is 22.6. The number of halogens is 3. The van der Waals surface area contributed by atoms with Gasteiger partial charge in [0.1, 0.15) is 12.1 Å². The summed E-state index contributed by atoms with van der Waals surface area (Å²) in [5.41, 5.74) is -0.551. The quantitative estimate of drug-likeness (QED) is 0.426. The molecule has 4 rings (SSSR count). The highest BCUT2D eigenvalue weighted by Crippen LogP contribution is 2.62. The fourth-order valence-corrected chi connectivity index (χ4v) is 6.17. The molecule has 2 aliphatic heterocycles. The Morgan fingerprint density at radius 2 is 1.76 bits per heavy atom. The van der Waals surface area contributed by atoms with Crippen molar-refractivity contribution >= 4 is 24.1 Å². The number of carbonyl (C=O) groups is 4. The number of amides is 4. The maximum absolute atomic E-state index is 12.8. The van der Waals surface area contributed by atoms with E-state index in [2.05, 4.69) is 24.5 Å². The van der Waals surface area contributed by atoms with Crippen LogP contribution >= 0.6 is 0 Å². The SMILES string of the molecule is CC1(C(NC(=O)C(F)(F)F)C(=O)N2CC3C(C2)C3(C)C)CCC1.CC1(C)CC(CC(C#N)NC=O)C(=O)N1. The number of carbonyl (C=O) groups excluding carboxylic acids is 4. The molecule has 2 heterocycles. The number of fused-ring (bicyclic) bond motifs is 1. The summed E-state index contributed by atoms with van der Waals surface area (Å²) >= 11 is 0. The smallest absolute Gasteiger partial charge is 0.351 e. The summed E-state index contributed by atoms with van der Waals surface area (Å²) in [7, 11) is 0. The second kappa shape index (κ2) is 10.4. The van der Waals surface area contributed by atoms with Gasteiger partial charge in [-0.15, -0.1) is 0 Å². The van der Waals surface area contributed by atoms with Gasteiger partial charge in [0.2, 0.25) is 18.2 Å². The Labute approximate surface area is 221 Å². The van der Waals surface area contributed by atoms with E-state index in [9.17, 15) is 32.3 Å². The fourth-order valence-electron chi connectivity index (χ4n) is 6.17. The summed E-state index contributed by atoms with van der Waals surface area (Å²) in [5.74, 6) is -1.73. The van der Waals surface area contributed by atoms with Crippen molar-refractivity contribution < 1.29 is 32.3 Å². The molecule has 12 heteroatoms. The van der Waals surface area contributed by atoms with E-state index in [1.165, 1.54) is 0 Å². The molecule has 5 unspecified atom stereocenters. The van der Waals surface area contributed by atoms with Gasteiger partial charge < -0.3 is 20.9 Å². The maximum Gasteiger partial charge on any atom is 0.471 e. The van der Waals surface area contributed by atoms with E-state index in [-0.39, 0.29) is 28.7 Å². The summed E-state index contributed by atoms with van der Waals surface area (Å²) in [5, 5.41) is 15.9. The van der Waals surface area contributed by atoms with E-state index in [0.717, 1.165) is 6.42 Å². The lowest BCUT2D eigenvalue weighted by Gasteiger charge is -2.45. The minimum atomic E-state index is -4.96. The van der Waals surface area contributed by atoms with Gasteiger partial charge in [-0.25, -0.2) is 0 Å². The molecule has 3 N–H and O–H groups in total. The van der Waals surface area contributed by atoms with Gasteiger partial charge in [0, 0.05) is 24.5 Å². The molecule has 4 aliphatic rings. The van der Waals surface area contributed by atoms with Gasteiger partial charge >= 0.3 is 12.1 Å². The molecule has 0 aromatic carbocycles. The topological polar surface area (TPSA) is 131 Å². The predicted octanol–water partition coefficient (Wildman–Crippen LogP) is 2.27. The summed E-state index contributed by atoms with van der Waals surface area (Å²) in [6.45, 7) is 11.2. The van der Waals surface area contributed by atoms with E-state index >= 15 is 0 Å². The monoisotopic (exact) mass is 541 g/mol. The summed E-state index contributed by atoms with van der Waals surface area (Å²) in [6, 6.07) is 0.301. The molecule has 2 aliphatic carbocycles. The van der Waals surface area contributed by atoms with Crippen LogP contribution in [0.15, 0.2) is 0 Å². The molecular weight excluding hydrogens is 503 g/mol. The molecular formula is C26H38F3N5O4. The first kappa shape index (κ1) is 29.7. The summed E-state index contributed by atoms with van der Waals surface area (Å²) < 4.78 is 37.8. The Hall–Kier alpha value is -2.84. The standard InChI is InChI=1S/C16H23F3N2O2.C10H15N3O2/c1-14(2)9-7-21(8-10(9)14)12(22)11(15(3)5-4-6-15)20-13(23)16(17,18)19;1-10(2)4-7(9(15)13-10)3-8(5-11)12-6-14/h9-11H,4-8H2,1-3H3,(H,20,23);6-8H,3-4H2,1-2H3,(H,12,14)(H,13,15). The minimum Gasteiger partial charge on any atom is -0.351 e. The normalized spacial score (nSPS) is 29.2. The molecule has 4 fully saturated rings. The molecule has 2 saturated heterocycles.